The highest BCUT2D eigenvalue weighted by atomic mass is 14.3. The Morgan fingerprint density at radius 3 is 2.44 bits per heavy atom. The summed E-state index contributed by atoms with van der Waals surface area (Å²) in [5, 5.41) is 7.63. The van der Waals surface area contributed by atoms with Gasteiger partial charge in [0.25, 0.3) is 0 Å². The van der Waals surface area contributed by atoms with Crippen LogP contribution in [0.2, 0.25) is 0 Å². The minimum atomic E-state index is 0.103. The lowest BCUT2D eigenvalue weighted by Crippen LogP contribution is -2.15. The first-order valence-electron chi connectivity index (χ1n) is 6.45. The van der Waals surface area contributed by atoms with Gasteiger partial charge >= 0.3 is 0 Å². The molecule has 0 spiro atoms. The maximum atomic E-state index is 7.63. The van der Waals surface area contributed by atoms with Crippen LogP contribution >= 0.6 is 0 Å². The van der Waals surface area contributed by atoms with Crippen molar-refractivity contribution in [2.24, 2.45) is 0 Å². The van der Waals surface area contributed by atoms with Crippen molar-refractivity contribution in [2.45, 2.75) is 39.5 Å². The van der Waals surface area contributed by atoms with Gasteiger partial charge in [-0.15, -0.1) is 0 Å². The van der Waals surface area contributed by atoms with E-state index < -0.39 is 0 Å². The Morgan fingerprint density at radius 1 is 1.22 bits per heavy atom. The summed E-state index contributed by atoms with van der Waals surface area (Å²) in [4.78, 5) is 0. The van der Waals surface area contributed by atoms with Gasteiger partial charge in [-0.05, 0) is 41.0 Å². The molecule has 1 aromatic carbocycles. The summed E-state index contributed by atoms with van der Waals surface area (Å²) >= 11 is 0. The van der Waals surface area contributed by atoms with Crippen LogP contribution in [0.5, 0.6) is 0 Å². The molecule has 0 amide bonds. The van der Waals surface area contributed by atoms with Gasteiger partial charge in [0.15, 0.2) is 0 Å². The van der Waals surface area contributed by atoms with E-state index in [1.165, 1.54) is 28.5 Å². The Balaban J connectivity index is 2.63. The molecule has 0 aromatic heterocycles. The molecule has 1 aromatic rings. The zero-order valence-corrected chi connectivity index (χ0v) is 11.7. The molecule has 1 nitrogen and oxygen atoms in total. The van der Waals surface area contributed by atoms with Crippen molar-refractivity contribution in [1.29, 1.82) is 5.41 Å². The lowest BCUT2D eigenvalue weighted by molar-refractivity contribution is 0.588. The van der Waals surface area contributed by atoms with Gasteiger partial charge in [0, 0.05) is 6.21 Å². The first-order chi connectivity index (χ1) is 8.43. The molecule has 0 bridgehead atoms. The summed E-state index contributed by atoms with van der Waals surface area (Å²) in [7, 11) is 0. The summed E-state index contributed by atoms with van der Waals surface area (Å²) in [5.41, 5.74) is 6.38. The Hall–Kier alpha value is -1.63. The van der Waals surface area contributed by atoms with E-state index in [2.05, 4.69) is 52.0 Å². The molecule has 1 aliphatic rings. The lowest BCUT2D eigenvalue weighted by Gasteiger charge is -2.25. The van der Waals surface area contributed by atoms with Gasteiger partial charge in [-0.2, -0.15) is 0 Å². The van der Waals surface area contributed by atoms with Crippen molar-refractivity contribution < 1.29 is 0 Å². The smallest absolute Gasteiger partial charge is 0.0256 e. The molecular formula is C17H21N. The average molecular weight is 239 g/mol. The van der Waals surface area contributed by atoms with E-state index in [1.807, 2.05) is 6.07 Å². The van der Waals surface area contributed by atoms with E-state index >= 15 is 0 Å². The predicted octanol–water partition coefficient (Wildman–Crippen LogP) is 4.72. The Labute approximate surface area is 110 Å². The summed E-state index contributed by atoms with van der Waals surface area (Å²) in [6.07, 6.45) is 6.96. The molecule has 0 radical (unpaired) electrons. The Morgan fingerprint density at radius 2 is 1.94 bits per heavy atom. The molecule has 1 N–H and O–H groups in total. The molecule has 0 atom stereocenters. The fourth-order valence-electron chi connectivity index (χ4n) is 2.51. The quantitative estimate of drug-likeness (QED) is 0.722. The zero-order valence-electron chi connectivity index (χ0n) is 11.7. The van der Waals surface area contributed by atoms with Crippen LogP contribution in [0, 0.1) is 5.41 Å². The standard InChI is InChI=1S/C17H21N/c1-12-8-9-13(10-12)16-14(11-18)6-5-7-15(16)17(2,3)4/h5-8,10-11,18H,9H2,1-4H3. The summed E-state index contributed by atoms with van der Waals surface area (Å²) < 4.78 is 0. The van der Waals surface area contributed by atoms with Crippen molar-refractivity contribution in [3.63, 3.8) is 0 Å². The first-order valence-corrected chi connectivity index (χ1v) is 6.45. The number of nitrogens with one attached hydrogen (secondary N) is 1. The second-order valence-electron chi connectivity index (χ2n) is 5.99. The maximum absolute atomic E-state index is 7.63. The third-order valence-electron chi connectivity index (χ3n) is 3.43. The van der Waals surface area contributed by atoms with Crippen molar-refractivity contribution in [2.75, 3.05) is 0 Å². The SMILES string of the molecule is CC1=CCC(c2c(C=N)cccc2C(C)(C)C)=C1. The topological polar surface area (TPSA) is 23.9 Å². The molecule has 0 fully saturated rings. The molecule has 2 rings (SSSR count). The fourth-order valence-corrected chi connectivity index (χ4v) is 2.51. The van der Waals surface area contributed by atoms with Crippen molar-refractivity contribution in [1.82, 2.24) is 0 Å². The Kier molecular flexibility index (Phi) is 3.25. The van der Waals surface area contributed by atoms with Gasteiger partial charge in [-0.25, -0.2) is 0 Å². The van der Waals surface area contributed by atoms with Crippen LogP contribution in [0.1, 0.15) is 50.8 Å². The van der Waals surface area contributed by atoms with E-state index in [-0.39, 0.29) is 5.41 Å². The number of rotatable bonds is 2. The van der Waals surface area contributed by atoms with Crippen LogP contribution in [0.15, 0.2) is 35.9 Å². The highest BCUT2D eigenvalue weighted by molar-refractivity contribution is 5.90. The molecule has 0 heterocycles. The normalized spacial score (nSPS) is 15.3. The van der Waals surface area contributed by atoms with E-state index in [4.69, 9.17) is 5.41 Å². The van der Waals surface area contributed by atoms with Gasteiger partial charge in [0.05, 0.1) is 0 Å². The van der Waals surface area contributed by atoms with Gasteiger partial charge in [0.2, 0.25) is 0 Å². The van der Waals surface area contributed by atoms with Gasteiger partial charge < -0.3 is 5.41 Å². The van der Waals surface area contributed by atoms with Gasteiger partial charge in [-0.1, -0.05) is 56.7 Å². The first kappa shape index (κ1) is 12.8. The van der Waals surface area contributed by atoms with Crippen LogP contribution in [0.25, 0.3) is 5.57 Å². The summed E-state index contributed by atoms with van der Waals surface area (Å²) in [5.74, 6) is 0. The highest BCUT2D eigenvalue weighted by Crippen LogP contribution is 2.36. The molecular weight excluding hydrogens is 218 g/mol. The van der Waals surface area contributed by atoms with Crippen LogP contribution in [-0.2, 0) is 5.41 Å². The second-order valence-corrected chi connectivity index (χ2v) is 5.99. The van der Waals surface area contributed by atoms with E-state index in [9.17, 15) is 0 Å². The molecule has 1 heteroatoms. The molecule has 94 valence electrons. The van der Waals surface area contributed by atoms with E-state index in [0.29, 0.717) is 0 Å². The molecule has 0 saturated heterocycles. The number of allylic oxidation sites excluding steroid dienone is 4. The van der Waals surface area contributed by atoms with Crippen molar-refractivity contribution in [3.05, 3.63) is 52.6 Å². The highest BCUT2D eigenvalue weighted by Gasteiger charge is 2.22. The predicted molar refractivity (Wildman–Crippen MR) is 79.4 cm³/mol. The third kappa shape index (κ3) is 2.31. The molecule has 18 heavy (non-hydrogen) atoms. The molecule has 0 saturated carbocycles. The van der Waals surface area contributed by atoms with Crippen LogP contribution in [0.3, 0.4) is 0 Å². The minimum absolute atomic E-state index is 0.103. The lowest BCUT2D eigenvalue weighted by atomic mass is 9.79. The van der Waals surface area contributed by atoms with Gasteiger partial charge in [0.1, 0.15) is 0 Å². The minimum Gasteiger partial charge on any atom is -0.308 e. The number of benzene rings is 1. The number of hydrogen-bond acceptors (Lipinski definition) is 1. The van der Waals surface area contributed by atoms with E-state index in [1.54, 1.807) is 0 Å². The largest absolute Gasteiger partial charge is 0.308 e. The third-order valence-corrected chi connectivity index (χ3v) is 3.43. The van der Waals surface area contributed by atoms with Crippen molar-refractivity contribution >= 4 is 11.8 Å². The monoisotopic (exact) mass is 239 g/mol. The fraction of sp³-hybridized carbons (Fsp3) is 0.353. The van der Waals surface area contributed by atoms with Crippen LogP contribution < -0.4 is 0 Å². The maximum Gasteiger partial charge on any atom is 0.0256 e. The molecule has 0 aliphatic heterocycles. The second kappa shape index (κ2) is 4.56. The average Bonchev–Trinajstić information content (AvgIpc) is 2.73. The summed E-state index contributed by atoms with van der Waals surface area (Å²) in [6, 6.07) is 6.28. The van der Waals surface area contributed by atoms with Gasteiger partial charge in [-0.3, -0.25) is 0 Å². The van der Waals surface area contributed by atoms with Crippen molar-refractivity contribution in [3.8, 4) is 0 Å². The summed E-state index contributed by atoms with van der Waals surface area (Å²) in [6.45, 7) is 8.83. The number of hydrogen-bond donors (Lipinski definition) is 1. The zero-order chi connectivity index (χ0) is 13.3. The van der Waals surface area contributed by atoms with Crippen LogP contribution in [-0.4, -0.2) is 6.21 Å². The van der Waals surface area contributed by atoms with Crippen LogP contribution in [0.4, 0.5) is 0 Å². The molecule has 1 aliphatic carbocycles. The van der Waals surface area contributed by atoms with E-state index in [0.717, 1.165) is 12.0 Å². The molecule has 0 unspecified atom stereocenters. The Bertz CT molecular complexity index is 539.